The number of anilines is 1. The lowest BCUT2D eigenvalue weighted by atomic mass is 10.1. The van der Waals surface area contributed by atoms with Gasteiger partial charge in [0.1, 0.15) is 6.61 Å². The van der Waals surface area contributed by atoms with Crippen LogP contribution in [0.4, 0.5) is 11.6 Å². The number of likely N-dealkylation sites (tertiary alicyclic amines) is 1. The molecule has 1 aliphatic rings. The number of hydrogen-bond acceptors (Lipinski definition) is 8. The first-order chi connectivity index (χ1) is 14.3. The van der Waals surface area contributed by atoms with E-state index >= 15 is 0 Å². The number of ether oxygens (including phenoxy) is 1. The van der Waals surface area contributed by atoms with Crippen LogP contribution < -0.4 is 10.1 Å². The van der Waals surface area contributed by atoms with Crippen LogP contribution in [0.2, 0.25) is 5.02 Å². The number of aromatic nitrogens is 2. The second-order valence-electron chi connectivity index (χ2n) is 7.20. The van der Waals surface area contributed by atoms with Crippen LogP contribution in [0.1, 0.15) is 16.8 Å². The minimum Gasteiger partial charge on any atom is -0.485 e. The first-order valence-electron chi connectivity index (χ1n) is 9.43. The molecule has 1 saturated heterocycles. The molecule has 160 valence electrons. The fraction of sp³-hybridized carbons (Fsp3) is 0.421. The molecule has 2 heterocycles. The van der Waals surface area contributed by atoms with E-state index in [9.17, 15) is 14.9 Å². The first kappa shape index (κ1) is 21.7. The van der Waals surface area contributed by atoms with E-state index in [2.05, 4.69) is 15.3 Å². The van der Waals surface area contributed by atoms with E-state index in [1.165, 1.54) is 30.6 Å². The summed E-state index contributed by atoms with van der Waals surface area (Å²) >= 11 is 5.79. The molecule has 1 N–H and O–H groups in total. The second kappa shape index (κ2) is 9.68. The molecule has 1 amide bonds. The number of rotatable bonds is 8. The number of amides is 1. The maximum atomic E-state index is 12.9. The van der Waals surface area contributed by atoms with Crippen molar-refractivity contribution >= 4 is 29.1 Å². The number of nitro benzene ring substituents is 1. The highest BCUT2D eigenvalue weighted by Gasteiger charge is 2.28. The predicted octanol–water partition coefficient (Wildman–Crippen LogP) is 2.31. The molecular formula is C19H23ClN6O4. The monoisotopic (exact) mass is 434 g/mol. The number of halogens is 1. The average molecular weight is 435 g/mol. The van der Waals surface area contributed by atoms with Crippen LogP contribution >= 0.6 is 11.6 Å². The van der Waals surface area contributed by atoms with Crippen LogP contribution in [0.25, 0.3) is 0 Å². The lowest BCUT2D eigenvalue weighted by Gasteiger charge is -2.18. The van der Waals surface area contributed by atoms with Crippen molar-refractivity contribution in [2.24, 2.45) is 0 Å². The zero-order valence-corrected chi connectivity index (χ0v) is 17.5. The van der Waals surface area contributed by atoms with Crippen molar-refractivity contribution in [2.45, 2.75) is 12.5 Å². The smallest absolute Gasteiger partial charge is 0.310 e. The number of nitrogens with zero attached hydrogens (tertiary/aromatic N) is 5. The molecule has 1 aliphatic heterocycles. The second-order valence-corrected chi connectivity index (χ2v) is 7.63. The number of carbonyl (C=O) groups excluding carboxylic acids is 1. The van der Waals surface area contributed by atoms with Crippen LogP contribution in [0.3, 0.4) is 0 Å². The fourth-order valence-electron chi connectivity index (χ4n) is 3.07. The Morgan fingerprint density at radius 1 is 1.40 bits per heavy atom. The highest BCUT2D eigenvalue weighted by atomic mass is 35.5. The predicted molar refractivity (Wildman–Crippen MR) is 112 cm³/mol. The molecule has 0 bridgehead atoms. The van der Waals surface area contributed by atoms with Gasteiger partial charge < -0.3 is 19.9 Å². The maximum Gasteiger partial charge on any atom is 0.310 e. The summed E-state index contributed by atoms with van der Waals surface area (Å²) in [6.07, 6.45) is 3.74. The van der Waals surface area contributed by atoms with Crippen LogP contribution in [0.15, 0.2) is 30.6 Å². The van der Waals surface area contributed by atoms with E-state index in [0.29, 0.717) is 36.2 Å². The van der Waals surface area contributed by atoms with Crippen molar-refractivity contribution in [3.05, 3.63) is 51.3 Å². The summed E-state index contributed by atoms with van der Waals surface area (Å²) in [5, 5.41) is 14.9. The van der Waals surface area contributed by atoms with Crippen LogP contribution in [0, 0.1) is 10.1 Å². The van der Waals surface area contributed by atoms with E-state index in [1.54, 1.807) is 4.90 Å². The van der Waals surface area contributed by atoms with Gasteiger partial charge in [-0.25, -0.2) is 9.97 Å². The summed E-state index contributed by atoms with van der Waals surface area (Å²) in [7, 11) is 3.76. The number of likely N-dealkylation sites (N-methyl/N-ethyl adjacent to an activating group) is 1. The zero-order chi connectivity index (χ0) is 21.7. The van der Waals surface area contributed by atoms with Gasteiger partial charge in [0.25, 0.3) is 5.91 Å². The van der Waals surface area contributed by atoms with Crippen LogP contribution in [-0.2, 0) is 0 Å². The highest BCUT2D eigenvalue weighted by Crippen LogP contribution is 2.29. The summed E-state index contributed by atoms with van der Waals surface area (Å²) in [5.41, 5.74) is 0.190. The van der Waals surface area contributed by atoms with Crippen molar-refractivity contribution in [1.29, 1.82) is 0 Å². The molecular weight excluding hydrogens is 412 g/mol. The Labute approximate surface area is 179 Å². The van der Waals surface area contributed by atoms with E-state index in [1.807, 2.05) is 19.0 Å². The van der Waals surface area contributed by atoms with Gasteiger partial charge in [-0.05, 0) is 26.6 Å². The number of hydrogen-bond donors (Lipinski definition) is 1. The Bertz CT molecular complexity index is 908. The summed E-state index contributed by atoms with van der Waals surface area (Å²) < 4.78 is 5.58. The Hall–Kier alpha value is -2.98. The summed E-state index contributed by atoms with van der Waals surface area (Å²) in [6, 6.07) is 4.22. The molecule has 30 heavy (non-hydrogen) atoms. The molecule has 0 radical (unpaired) electrons. The Morgan fingerprint density at radius 3 is 2.80 bits per heavy atom. The Morgan fingerprint density at radius 2 is 2.13 bits per heavy atom. The first-order valence-corrected chi connectivity index (χ1v) is 9.80. The molecule has 1 aromatic carbocycles. The Balaban J connectivity index is 1.66. The average Bonchev–Trinajstić information content (AvgIpc) is 3.17. The maximum absolute atomic E-state index is 12.9. The summed E-state index contributed by atoms with van der Waals surface area (Å²) in [6.45, 7) is 1.90. The van der Waals surface area contributed by atoms with Gasteiger partial charge in [0.05, 0.1) is 22.3 Å². The number of nitro groups is 1. The molecule has 1 atom stereocenters. The third-order valence-electron chi connectivity index (χ3n) is 4.63. The molecule has 0 unspecified atom stereocenters. The van der Waals surface area contributed by atoms with E-state index in [4.69, 9.17) is 16.3 Å². The summed E-state index contributed by atoms with van der Waals surface area (Å²) in [4.78, 5) is 35.5. The molecule has 0 spiro atoms. The van der Waals surface area contributed by atoms with Crippen molar-refractivity contribution in [3.8, 4) is 5.75 Å². The van der Waals surface area contributed by atoms with Gasteiger partial charge in [-0.1, -0.05) is 11.6 Å². The number of carbonyl (C=O) groups is 1. The van der Waals surface area contributed by atoms with Gasteiger partial charge >= 0.3 is 5.69 Å². The molecule has 1 fully saturated rings. The van der Waals surface area contributed by atoms with Gasteiger partial charge in [0.15, 0.2) is 5.75 Å². The Kier molecular flexibility index (Phi) is 7.01. The third kappa shape index (κ3) is 5.55. The number of benzene rings is 1. The standard InChI is InChI=1S/C19H23ClN6O4/c1-24(2)7-8-30-17-9-13(3-4-16(17)26(28)29)18(27)25-6-5-15(12-25)23-19-21-10-14(20)11-22-19/h3-4,9-11,15H,5-8,12H2,1-2H3,(H,21,22,23)/t15-/m1/s1. The largest absolute Gasteiger partial charge is 0.485 e. The number of nitrogens with one attached hydrogen (secondary N) is 1. The van der Waals surface area contributed by atoms with Crippen LogP contribution in [-0.4, -0.2) is 77.0 Å². The lowest BCUT2D eigenvalue weighted by molar-refractivity contribution is -0.385. The quantitative estimate of drug-likeness (QED) is 0.497. The molecule has 0 saturated carbocycles. The molecule has 0 aliphatic carbocycles. The van der Waals surface area contributed by atoms with Gasteiger partial charge in [-0.3, -0.25) is 14.9 Å². The fourth-order valence-corrected chi connectivity index (χ4v) is 3.16. The van der Waals surface area contributed by atoms with Crippen molar-refractivity contribution < 1.29 is 14.5 Å². The lowest BCUT2D eigenvalue weighted by Crippen LogP contribution is -2.32. The van der Waals surface area contributed by atoms with Crippen LogP contribution in [0.5, 0.6) is 5.75 Å². The van der Waals surface area contributed by atoms with E-state index in [0.717, 1.165) is 6.42 Å². The zero-order valence-electron chi connectivity index (χ0n) is 16.7. The molecule has 2 aromatic rings. The molecule has 11 heteroatoms. The van der Waals surface area contributed by atoms with Crippen molar-refractivity contribution in [2.75, 3.05) is 45.7 Å². The van der Waals surface area contributed by atoms with E-state index < -0.39 is 4.92 Å². The molecule has 10 nitrogen and oxygen atoms in total. The minimum atomic E-state index is -0.513. The summed E-state index contributed by atoms with van der Waals surface area (Å²) in [5.74, 6) is 0.338. The van der Waals surface area contributed by atoms with Gasteiger partial charge in [0.2, 0.25) is 5.95 Å². The topological polar surface area (TPSA) is 114 Å². The SMILES string of the molecule is CN(C)CCOc1cc(C(=O)N2CC[C@@H](Nc3ncc(Cl)cn3)C2)ccc1[N+](=O)[O-]. The highest BCUT2D eigenvalue weighted by molar-refractivity contribution is 6.30. The minimum absolute atomic E-state index is 0.00369. The van der Waals surface area contributed by atoms with Gasteiger partial charge in [-0.15, -0.1) is 0 Å². The molecule has 3 rings (SSSR count). The third-order valence-corrected chi connectivity index (χ3v) is 4.82. The normalized spacial score (nSPS) is 16.0. The van der Waals surface area contributed by atoms with E-state index in [-0.39, 0.29) is 30.0 Å². The van der Waals surface area contributed by atoms with Crippen molar-refractivity contribution in [3.63, 3.8) is 0 Å². The van der Waals surface area contributed by atoms with Crippen molar-refractivity contribution in [1.82, 2.24) is 19.8 Å². The van der Waals surface area contributed by atoms with Gasteiger partial charge in [0, 0.05) is 43.4 Å². The van der Waals surface area contributed by atoms with Gasteiger partial charge in [-0.2, -0.15) is 0 Å². The molecule has 1 aromatic heterocycles.